The Bertz CT molecular complexity index is 370. The van der Waals surface area contributed by atoms with Crippen LogP contribution in [0.25, 0.3) is 0 Å². The van der Waals surface area contributed by atoms with Crippen molar-refractivity contribution in [3.05, 3.63) is 0 Å². The van der Waals surface area contributed by atoms with Crippen molar-refractivity contribution in [2.75, 3.05) is 19.1 Å². The summed E-state index contributed by atoms with van der Waals surface area (Å²) in [6, 6.07) is 0. The van der Waals surface area contributed by atoms with Crippen molar-refractivity contribution >= 4 is 23.7 Å². The number of unbranched alkanes of at least 4 members (excludes halogenated alkanes) is 5. The van der Waals surface area contributed by atoms with E-state index in [2.05, 4.69) is 12.2 Å². The molecule has 0 spiro atoms. The number of carbonyl (C=O) groups excluding carboxylic acids is 2. The van der Waals surface area contributed by atoms with E-state index in [0.717, 1.165) is 25.7 Å². The van der Waals surface area contributed by atoms with Crippen LogP contribution in [0.5, 0.6) is 0 Å². The van der Waals surface area contributed by atoms with E-state index in [1.807, 2.05) is 0 Å². The predicted octanol–water partition coefficient (Wildman–Crippen LogP) is 4.56. The van der Waals surface area contributed by atoms with Gasteiger partial charge in [0.25, 0.3) is 0 Å². The van der Waals surface area contributed by atoms with Crippen LogP contribution < -0.4 is 5.32 Å². The highest BCUT2D eigenvalue weighted by Gasteiger charge is 2.44. The van der Waals surface area contributed by atoms with Gasteiger partial charge in [-0.2, -0.15) is 0 Å². The minimum atomic E-state index is -0.903. The summed E-state index contributed by atoms with van der Waals surface area (Å²) >= 11 is 5.56. The Hall–Kier alpha value is -0.970. The second kappa shape index (κ2) is 12.4. The molecule has 1 aliphatic carbocycles. The molecule has 140 valence electrons. The Kier molecular flexibility index (Phi) is 10.9. The summed E-state index contributed by atoms with van der Waals surface area (Å²) in [6.07, 6.45) is 9.97. The summed E-state index contributed by atoms with van der Waals surface area (Å²) in [4.78, 5) is 24.3. The third-order valence-corrected chi connectivity index (χ3v) is 4.70. The number of amides is 1. The fraction of sp³-hybridized carbons (Fsp3) is 0.889. The lowest BCUT2D eigenvalue weighted by Crippen LogP contribution is -2.53. The molecule has 24 heavy (non-hydrogen) atoms. The van der Waals surface area contributed by atoms with Gasteiger partial charge in [0.2, 0.25) is 0 Å². The zero-order chi connectivity index (χ0) is 17.7. The minimum Gasteiger partial charge on any atom is -0.464 e. The highest BCUT2D eigenvalue weighted by atomic mass is 35.5. The van der Waals surface area contributed by atoms with E-state index in [4.69, 9.17) is 21.1 Å². The first-order valence-electron chi connectivity index (χ1n) is 9.33. The van der Waals surface area contributed by atoms with Gasteiger partial charge >= 0.3 is 12.1 Å². The Morgan fingerprint density at radius 1 is 0.958 bits per heavy atom. The first-order chi connectivity index (χ1) is 11.6. The fourth-order valence-corrected chi connectivity index (χ4v) is 3.10. The topological polar surface area (TPSA) is 64.6 Å². The number of hydrogen-bond donors (Lipinski definition) is 1. The molecule has 1 amide bonds. The van der Waals surface area contributed by atoms with Gasteiger partial charge in [-0.1, -0.05) is 51.9 Å². The van der Waals surface area contributed by atoms with Gasteiger partial charge in [-0.3, -0.25) is 0 Å². The zero-order valence-corrected chi connectivity index (χ0v) is 15.7. The third-order valence-electron chi connectivity index (χ3n) is 4.43. The molecular formula is C18H32ClNO4. The number of esters is 1. The normalized spacial score (nSPS) is 15.9. The molecule has 1 rings (SSSR count). The molecule has 0 unspecified atom stereocenters. The van der Waals surface area contributed by atoms with Gasteiger partial charge < -0.3 is 14.8 Å². The van der Waals surface area contributed by atoms with Crippen molar-refractivity contribution in [3.63, 3.8) is 0 Å². The Labute approximate surface area is 150 Å². The van der Waals surface area contributed by atoms with Gasteiger partial charge in [0.1, 0.15) is 5.54 Å². The standard InChI is InChI=1S/C18H32ClNO4/c1-2-3-4-5-6-9-14-23-16(21)18(11-7-8-12-18)20-17(22)24-15-10-13-19/h2-15H2,1H3,(H,20,22). The second-order valence-electron chi connectivity index (χ2n) is 6.50. The van der Waals surface area contributed by atoms with E-state index >= 15 is 0 Å². The number of alkyl carbamates (subject to hydrolysis) is 1. The van der Waals surface area contributed by atoms with E-state index in [1.54, 1.807) is 0 Å². The first kappa shape index (κ1) is 21.1. The summed E-state index contributed by atoms with van der Waals surface area (Å²) in [7, 11) is 0. The third kappa shape index (κ3) is 7.73. The molecule has 0 aromatic heterocycles. The van der Waals surface area contributed by atoms with Gasteiger partial charge in [0, 0.05) is 5.88 Å². The number of ether oxygens (including phenoxy) is 2. The Morgan fingerprint density at radius 3 is 2.25 bits per heavy atom. The van der Waals surface area contributed by atoms with Crippen LogP contribution in [0, 0.1) is 0 Å². The summed E-state index contributed by atoms with van der Waals surface area (Å²) in [5.41, 5.74) is -0.903. The summed E-state index contributed by atoms with van der Waals surface area (Å²) in [5, 5.41) is 2.74. The lowest BCUT2D eigenvalue weighted by atomic mass is 9.98. The van der Waals surface area contributed by atoms with Crippen LogP contribution in [0.15, 0.2) is 0 Å². The Morgan fingerprint density at radius 2 is 1.58 bits per heavy atom. The van der Waals surface area contributed by atoms with Crippen molar-refractivity contribution in [2.24, 2.45) is 0 Å². The average molecular weight is 362 g/mol. The Balaban J connectivity index is 2.31. The largest absolute Gasteiger partial charge is 0.464 e. The zero-order valence-electron chi connectivity index (χ0n) is 14.9. The van der Waals surface area contributed by atoms with Crippen molar-refractivity contribution < 1.29 is 19.1 Å². The molecule has 0 aromatic carbocycles. The SMILES string of the molecule is CCCCCCCCOC(=O)C1(NC(=O)OCCCCl)CCCC1. The maximum absolute atomic E-state index is 12.5. The van der Waals surface area contributed by atoms with Gasteiger partial charge in [0.05, 0.1) is 13.2 Å². The van der Waals surface area contributed by atoms with Gasteiger partial charge in [-0.25, -0.2) is 9.59 Å². The number of alkyl halides is 1. The van der Waals surface area contributed by atoms with E-state index in [-0.39, 0.29) is 12.6 Å². The molecule has 0 atom stereocenters. The number of hydrogen-bond acceptors (Lipinski definition) is 4. The molecule has 1 aliphatic rings. The quantitative estimate of drug-likeness (QED) is 0.314. The lowest BCUT2D eigenvalue weighted by Gasteiger charge is -2.27. The minimum absolute atomic E-state index is 0.262. The monoisotopic (exact) mass is 361 g/mol. The molecule has 1 N–H and O–H groups in total. The molecule has 1 fully saturated rings. The van der Waals surface area contributed by atoms with Crippen molar-refractivity contribution in [1.29, 1.82) is 0 Å². The predicted molar refractivity (Wildman–Crippen MR) is 95.4 cm³/mol. The van der Waals surface area contributed by atoms with Crippen LogP contribution in [0.1, 0.15) is 77.6 Å². The van der Waals surface area contributed by atoms with E-state index in [1.165, 1.54) is 25.7 Å². The molecule has 0 aliphatic heterocycles. The maximum atomic E-state index is 12.5. The van der Waals surface area contributed by atoms with Gasteiger partial charge in [0.15, 0.2) is 0 Å². The molecule has 0 heterocycles. The van der Waals surface area contributed by atoms with Crippen LogP contribution >= 0.6 is 11.6 Å². The summed E-state index contributed by atoms with van der Waals surface area (Å²) in [5.74, 6) is 0.126. The molecule has 1 saturated carbocycles. The lowest BCUT2D eigenvalue weighted by molar-refractivity contribution is -0.151. The highest BCUT2D eigenvalue weighted by molar-refractivity contribution is 6.17. The van der Waals surface area contributed by atoms with Crippen LogP contribution in [-0.4, -0.2) is 36.7 Å². The fourth-order valence-electron chi connectivity index (χ4n) is 2.99. The molecule has 0 saturated heterocycles. The van der Waals surface area contributed by atoms with Crippen molar-refractivity contribution in [2.45, 2.75) is 83.1 Å². The van der Waals surface area contributed by atoms with Gasteiger partial charge in [-0.05, 0) is 25.7 Å². The molecule has 5 nitrogen and oxygen atoms in total. The molecule has 0 bridgehead atoms. The second-order valence-corrected chi connectivity index (χ2v) is 6.87. The van der Waals surface area contributed by atoms with E-state index in [0.29, 0.717) is 31.7 Å². The first-order valence-corrected chi connectivity index (χ1v) is 9.86. The maximum Gasteiger partial charge on any atom is 0.408 e. The number of rotatable bonds is 12. The van der Waals surface area contributed by atoms with Crippen LogP contribution in [0.3, 0.4) is 0 Å². The van der Waals surface area contributed by atoms with E-state index < -0.39 is 11.6 Å². The van der Waals surface area contributed by atoms with E-state index in [9.17, 15) is 9.59 Å². The number of carbonyl (C=O) groups is 2. The van der Waals surface area contributed by atoms with Crippen molar-refractivity contribution in [1.82, 2.24) is 5.32 Å². The molecule has 6 heteroatoms. The van der Waals surface area contributed by atoms with Crippen LogP contribution in [0.4, 0.5) is 4.79 Å². The number of nitrogens with one attached hydrogen (secondary N) is 1. The highest BCUT2D eigenvalue weighted by Crippen LogP contribution is 2.31. The van der Waals surface area contributed by atoms with Crippen molar-refractivity contribution in [3.8, 4) is 0 Å². The average Bonchev–Trinajstić information content (AvgIpc) is 3.03. The molecule has 0 aromatic rings. The smallest absolute Gasteiger partial charge is 0.408 e. The van der Waals surface area contributed by atoms with Gasteiger partial charge in [-0.15, -0.1) is 11.6 Å². The van der Waals surface area contributed by atoms with Crippen LogP contribution in [0.2, 0.25) is 0 Å². The number of halogens is 1. The molecule has 0 radical (unpaired) electrons. The summed E-state index contributed by atoms with van der Waals surface area (Å²) < 4.78 is 10.5. The van der Waals surface area contributed by atoms with Crippen LogP contribution in [-0.2, 0) is 14.3 Å². The molecular weight excluding hydrogens is 330 g/mol. The summed E-state index contributed by atoms with van der Waals surface area (Å²) in [6.45, 7) is 2.88.